The molecule has 1 fully saturated rings. The molecule has 0 N–H and O–H groups in total. The van der Waals surface area contributed by atoms with E-state index in [0.717, 1.165) is 35.7 Å². The van der Waals surface area contributed by atoms with E-state index in [1.165, 1.54) is 12.1 Å². The molecule has 3 aliphatic heterocycles. The average Bonchev–Trinajstić information content (AvgIpc) is 3.13. The molecular formula is C30H31F2N3O4Se. The second-order valence-electron chi connectivity index (χ2n) is 10.2. The van der Waals surface area contributed by atoms with Gasteiger partial charge in [-0.3, -0.25) is 0 Å². The number of hydrogen-bond acceptors (Lipinski definition) is 5. The first-order valence-electron chi connectivity index (χ1n) is 13.8. The van der Waals surface area contributed by atoms with Gasteiger partial charge in [0.25, 0.3) is 0 Å². The van der Waals surface area contributed by atoms with Crippen molar-refractivity contribution in [2.24, 2.45) is 0 Å². The number of morpholine rings is 1. The Labute approximate surface area is 237 Å². The van der Waals surface area contributed by atoms with Gasteiger partial charge in [0.15, 0.2) is 0 Å². The van der Waals surface area contributed by atoms with Crippen molar-refractivity contribution in [2.75, 3.05) is 31.4 Å². The molecule has 7 nitrogen and oxygen atoms in total. The van der Waals surface area contributed by atoms with Gasteiger partial charge >= 0.3 is 225 Å². The quantitative estimate of drug-likeness (QED) is 0.302. The molecule has 1 amide bonds. The third-order valence-corrected chi connectivity index (χ3v) is 10.1. The minimum atomic E-state index is -0.876. The molecule has 10 heteroatoms. The van der Waals surface area contributed by atoms with Gasteiger partial charge in [0.2, 0.25) is 0 Å². The van der Waals surface area contributed by atoms with Crippen molar-refractivity contribution in [3.63, 3.8) is 0 Å². The maximum absolute atomic E-state index is 15.3. The number of carbonyl (C=O) groups excluding carboxylic acids is 1. The Kier molecular flexibility index (Phi) is 7.66. The first-order chi connectivity index (χ1) is 19.5. The van der Waals surface area contributed by atoms with Gasteiger partial charge in [-0.2, -0.15) is 0 Å². The number of carbonyl (C=O) groups is 1. The van der Waals surface area contributed by atoms with Crippen LogP contribution in [-0.2, 0) is 10.1 Å². The van der Waals surface area contributed by atoms with E-state index in [4.69, 9.17) is 9.47 Å². The molecule has 2 aromatic carbocycles. The zero-order valence-corrected chi connectivity index (χ0v) is 24.0. The van der Waals surface area contributed by atoms with E-state index in [0.29, 0.717) is 36.2 Å². The molecule has 3 aliphatic rings. The number of halogens is 2. The summed E-state index contributed by atoms with van der Waals surface area (Å²) in [6, 6.07) is 11.6. The Hall–Kier alpha value is -3.20. The molecule has 6 rings (SSSR count). The van der Waals surface area contributed by atoms with Gasteiger partial charge in [-0.25, -0.2) is 0 Å². The van der Waals surface area contributed by atoms with Crippen LogP contribution in [0.15, 0.2) is 53.5 Å². The van der Waals surface area contributed by atoms with Crippen molar-refractivity contribution in [1.82, 2.24) is 9.58 Å². The number of rotatable bonds is 7. The topological polar surface area (TPSA) is 64.0 Å². The molecule has 1 saturated heterocycles. The van der Waals surface area contributed by atoms with E-state index >= 15 is 4.39 Å². The van der Waals surface area contributed by atoms with Gasteiger partial charge in [-0.15, -0.1) is 0 Å². The summed E-state index contributed by atoms with van der Waals surface area (Å²) in [5.41, 5.74) is 1.73. The van der Waals surface area contributed by atoms with Crippen molar-refractivity contribution >= 4 is 25.3 Å². The van der Waals surface area contributed by atoms with Crippen LogP contribution in [0.25, 0.3) is 0 Å². The molecule has 40 heavy (non-hydrogen) atoms. The molecule has 1 aromatic heterocycles. The number of amides is 1. The predicted molar refractivity (Wildman–Crippen MR) is 148 cm³/mol. The van der Waals surface area contributed by atoms with Crippen LogP contribution in [0.4, 0.5) is 8.78 Å². The number of benzene rings is 2. The summed E-state index contributed by atoms with van der Waals surface area (Å²) >= 11 is -0.137. The van der Waals surface area contributed by atoms with Crippen LogP contribution in [0.3, 0.4) is 0 Å². The third kappa shape index (κ3) is 4.62. The molecule has 0 radical (unpaired) electrons. The first kappa shape index (κ1) is 27.0. The van der Waals surface area contributed by atoms with Gasteiger partial charge in [0.1, 0.15) is 0 Å². The van der Waals surface area contributed by atoms with Gasteiger partial charge in [-0.1, -0.05) is 13.3 Å². The molecule has 4 heterocycles. The fourth-order valence-corrected chi connectivity index (χ4v) is 8.15. The Morgan fingerprint density at radius 2 is 1.90 bits per heavy atom. The minimum absolute atomic E-state index is 0.0237. The fraction of sp³-hybridized carbons (Fsp3) is 0.400. The zero-order valence-electron chi connectivity index (χ0n) is 22.3. The fourth-order valence-electron chi connectivity index (χ4n) is 5.81. The molecular weight excluding hydrogens is 583 g/mol. The summed E-state index contributed by atoms with van der Waals surface area (Å²) in [5.74, 6) is -1.99. The number of ether oxygens (including phenoxy) is 2. The molecule has 0 spiro atoms. The second kappa shape index (κ2) is 11.4. The number of fused-ring (bicyclic) bond motifs is 4. The van der Waals surface area contributed by atoms with E-state index < -0.39 is 23.8 Å². The van der Waals surface area contributed by atoms with Crippen LogP contribution in [0.2, 0.25) is 0 Å². The molecule has 0 unspecified atom stereocenters. The van der Waals surface area contributed by atoms with Crippen LogP contribution in [0.5, 0.6) is 5.75 Å². The number of unbranched alkanes of at least 4 members (excludes halogenated alkanes) is 3. The predicted octanol–water partition coefficient (Wildman–Crippen LogP) is 3.47. The molecule has 0 bridgehead atoms. The Bertz CT molecular complexity index is 1500. The van der Waals surface area contributed by atoms with Gasteiger partial charge in [0.05, 0.1) is 0 Å². The van der Waals surface area contributed by atoms with E-state index in [-0.39, 0.29) is 44.3 Å². The average molecular weight is 615 g/mol. The van der Waals surface area contributed by atoms with E-state index in [9.17, 15) is 14.0 Å². The Morgan fingerprint density at radius 1 is 1.05 bits per heavy atom. The van der Waals surface area contributed by atoms with Crippen LogP contribution < -0.4 is 19.6 Å². The van der Waals surface area contributed by atoms with Crippen molar-refractivity contribution < 1.29 is 23.0 Å². The van der Waals surface area contributed by atoms with E-state index in [1.54, 1.807) is 21.8 Å². The summed E-state index contributed by atoms with van der Waals surface area (Å²) in [6.45, 7) is 3.38. The second-order valence-corrected chi connectivity index (χ2v) is 12.3. The van der Waals surface area contributed by atoms with Gasteiger partial charge in [-0.05, 0) is 0 Å². The Morgan fingerprint density at radius 3 is 2.75 bits per heavy atom. The van der Waals surface area contributed by atoms with E-state index in [2.05, 4.69) is 6.92 Å². The zero-order chi connectivity index (χ0) is 27.8. The van der Waals surface area contributed by atoms with Crippen LogP contribution in [-0.4, -0.2) is 63.0 Å². The van der Waals surface area contributed by atoms with Gasteiger partial charge in [0, 0.05) is 0 Å². The van der Waals surface area contributed by atoms with Crippen LogP contribution in [0.1, 0.15) is 65.8 Å². The van der Waals surface area contributed by atoms with Crippen molar-refractivity contribution in [3.05, 3.63) is 92.9 Å². The molecule has 2 atom stereocenters. The SMILES string of the molecule is CCCCCCOc1c2n(ccc1=O)N([C@@H]1c3ccccc3[Se]Cc3c1ccc(F)c3F)[C@@H]1COCCN1C2=O. The first-order valence-corrected chi connectivity index (χ1v) is 15.8. The molecule has 0 aliphatic carbocycles. The van der Waals surface area contributed by atoms with Crippen molar-refractivity contribution in [3.8, 4) is 5.75 Å². The number of nitrogens with zero attached hydrogens (tertiary/aromatic N) is 3. The van der Waals surface area contributed by atoms with Crippen molar-refractivity contribution in [2.45, 2.75) is 50.1 Å². The number of pyridine rings is 1. The summed E-state index contributed by atoms with van der Waals surface area (Å²) < 4.78 is 44.4. The number of aromatic nitrogens is 1. The maximum atomic E-state index is 15.3. The normalized spacial score (nSPS) is 19.8. The number of hydrogen-bond donors (Lipinski definition) is 0. The van der Waals surface area contributed by atoms with Gasteiger partial charge < -0.3 is 0 Å². The van der Waals surface area contributed by atoms with Crippen LogP contribution in [0, 0.1) is 11.6 Å². The summed E-state index contributed by atoms with van der Waals surface area (Å²) in [6.07, 6.45) is 4.94. The standard InChI is InChI=1S/C30H31F2N3O4Se/c1-2-3-4-7-15-39-29-23(36)12-13-34-28(29)30(37)33-14-16-38-17-25(33)35(34)27-19-10-11-22(31)26(32)21(19)18-40-24-9-6-5-8-20(24)27/h5-6,8-13,25,27H,2-4,7,14-18H2,1H3/t25-,27+/m1/s1. The third-order valence-electron chi connectivity index (χ3n) is 7.78. The van der Waals surface area contributed by atoms with Crippen molar-refractivity contribution in [1.29, 1.82) is 0 Å². The molecule has 0 saturated carbocycles. The summed E-state index contributed by atoms with van der Waals surface area (Å²) in [4.78, 5) is 28.7. The summed E-state index contributed by atoms with van der Waals surface area (Å²) in [7, 11) is 0. The monoisotopic (exact) mass is 615 g/mol. The van der Waals surface area contributed by atoms with E-state index in [1.807, 2.05) is 29.3 Å². The summed E-state index contributed by atoms with van der Waals surface area (Å²) in [5, 5.41) is 2.38. The van der Waals surface area contributed by atoms with Crippen LogP contribution >= 0.6 is 0 Å². The molecule has 3 aromatic rings. The Balaban J connectivity index is 1.55. The molecule has 210 valence electrons.